The fraction of sp³-hybridized carbons (Fsp3) is 0.158. The van der Waals surface area contributed by atoms with Crippen molar-refractivity contribution in [2.45, 2.75) is 13.3 Å². The zero-order chi connectivity index (χ0) is 16.2. The highest BCUT2D eigenvalue weighted by molar-refractivity contribution is 6.10. The molecule has 116 valence electrons. The number of nitrogens with one attached hydrogen (secondary N) is 1. The van der Waals surface area contributed by atoms with E-state index < -0.39 is 0 Å². The van der Waals surface area contributed by atoms with E-state index in [4.69, 9.17) is 0 Å². The zero-order valence-corrected chi connectivity index (χ0v) is 13.0. The van der Waals surface area contributed by atoms with Crippen molar-refractivity contribution in [1.82, 2.24) is 5.32 Å². The van der Waals surface area contributed by atoms with Crippen LogP contribution in [0.3, 0.4) is 0 Å². The van der Waals surface area contributed by atoms with Gasteiger partial charge in [0.15, 0.2) is 0 Å². The van der Waals surface area contributed by atoms with E-state index >= 15 is 0 Å². The summed E-state index contributed by atoms with van der Waals surface area (Å²) in [6.07, 6.45) is 2.55. The lowest BCUT2D eigenvalue weighted by molar-refractivity contribution is -0.121. The molecule has 0 saturated carbocycles. The Labute approximate surface area is 135 Å². The summed E-state index contributed by atoms with van der Waals surface area (Å²) in [4.78, 5) is 26.1. The number of fused-ring (bicyclic) bond motifs is 1. The molecule has 0 spiro atoms. The van der Waals surface area contributed by atoms with Gasteiger partial charge in [-0.3, -0.25) is 9.59 Å². The molecule has 1 aliphatic heterocycles. The topological polar surface area (TPSA) is 49.4 Å². The van der Waals surface area contributed by atoms with E-state index in [2.05, 4.69) is 5.32 Å². The van der Waals surface area contributed by atoms with Gasteiger partial charge < -0.3 is 10.2 Å². The van der Waals surface area contributed by atoms with Gasteiger partial charge in [-0.05, 0) is 29.7 Å². The van der Waals surface area contributed by atoms with E-state index in [9.17, 15) is 9.59 Å². The lowest BCUT2D eigenvalue weighted by Crippen LogP contribution is -2.36. The van der Waals surface area contributed by atoms with Crippen LogP contribution in [0.1, 0.15) is 18.1 Å². The van der Waals surface area contributed by atoms with Crippen LogP contribution >= 0.6 is 0 Å². The summed E-state index contributed by atoms with van der Waals surface area (Å²) in [6.45, 7) is 2.04. The summed E-state index contributed by atoms with van der Waals surface area (Å²) in [5.41, 5.74) is 3.24. The summed E-state index contributed by atoms with van der Waals surface area (Å²) >= 11 is 0. The molecule has 2 aromatic rings. The fourth-order valence-electron chi connectivity index (χ4n) is 2.75. The fourth-order valence-corrected chi connectivity index (χ4v) is 2.75. The second-order valence-corrected chi connectivity index (χ2v) is 5.49. The Morgan fingerprint density at radius 1 is 1.04 bits per heavy atom. The van der Waals surface area contributed by atoms with E-state index in [-0.39, 0.29) is 11.8 Å². The molecule has 1 heterocycles. The van der Waals surface area contributed by atoms with E-state index in [1.807, 2.05) is 54.6 Å². The number of nitrogens with zero attached hydrogens (tertiary/aromatic N) is 1. The molecule has 0 fully saturated rings. The first-order valence-corrected chi connectivity index (χ1v) is 7.59. The van der Waals surface area contributed by atoms with Gasteiger partial charge in [-0.25, -0.2) is 0 Å². The molecule has 0 atom stereocenters. The number of amides is 2. The number of hydrogen-bond donors (Lipinski definition) is 1. The lowest BCUT2D eigenvalue weighted by Gasteiger charge is -2.19. The SMILES string of the molecule is CC(=O)N/C(=C\c1ccccc1)C(=O)N1CCc2ccccc21. The van der Waals surface area contributed by atoms with Crippen LogP contribution in [0.5, 0.6) is 0 Å². The number of carbonyl (C=O) groups is 2. The van der Waals surface area contributed by atoms with Crippen LogP contribution in [0.4, 0.5) is 5.69 Å². The molecule has 0 unspecified atom stereocenters. The summed E-state index contributed by atoms with van der Waals surface area (Å²) in [6, 6.07) is 17.4. The molecule has 0 aromatic heterocycles. The molecule has 0 radical (unpaired) electrons. The van der Waals surface area contributed by atoms with Crippen molar-refractivity contribution in [3.63, 3.8) is 0 Å². The van der Waals surface area contributed by atoms with Crippen LogP contribution in [0.15, 0.2) is 60.3 Å². The Morgan fingerprint density at radius 3 is 2.48 bits per heavy atom. The molecule has 0 bridgehead atoms. The van der Waals surface area contributed by atoms with Crippen LogP contribution in [-0.4, -0.2) is 18.4 Å². The maximum atomic E-state index is 12.9. The summed E-state index contributed by atoms with van der Waals surface area (Å²) in [5.74, 6) is -0.443. The quantitative estimate of drug-likeness (QED) is 0.887. The van der Waals surface area contributed by atoms with Gasteiger partial charge in [0.05, 0.1) is 0 Å². The zero-order valence-electron chi connectivity index (χ0n) is 13.0. The molecule has 1 aliphatic rings. The minimum atomic E-state index is -0.256. The molecule has 4 heteroatoms. The van der Waals surface area contributed by atoms with Crippen molar-refractivity contribution >= 4 is 23.6 Å². The van der Waals surface area contributed by atoms with Crippen molar-refractivity contribution in [2.75, 3.05) is 11.4 Å². The monoisotopic (exact) mass is 306 g/mol. The number of carbonyl (C=O) groups excluding carboxylic acids is 2. The van der Waals surface area contributed by atoms with Gasteiger partial charge in [-0.15, -0.1) is 0 Å². The van der Waals surface area contributed by atoms with Crippen molar-refractivity contribution in [3.05, 3.63) is 71.4 Å². The van der Waals surface area contributed by atoms with Crippen LogP contribution in [0.25, 0.3) is 6.08 Å². The van der Waals surface area contributed by atoms with Crippen molar-refractivity contribution in [1.29, 1.82) is 0 Å². The first-order chi connectivity index (χ1) is 11.1. The lowest BCUT2D eigenvalue weighted by atomic mass is 10.1. The Bertz CT molecular complexity index is 766. The smallest absolute Gasteiger partial charge is 0.274 e. The standard InChI is InChI=1S/C19H18N2O2/c1-14(22)20-17(13-15-7-3-2-4-8-15)19(23)21-12-11-16-9-5-6-10-18(16)21/h2-10,13H,11-12H2,1H3,(H,20,22)/b17-13-. The average molecular weight is 306 g/mol. The number of rotatable bonds is 3. The minimum Gasteiger partial charge on any atom is -0.322 e. The predicted molar refractivity (Wildman–Crippen MR) is 90.7 cm³/mol. The number of hydrogen-bond acceptors (Lipinski definition) is 2. The Hall–Kier alpha value is -2.88. The molecular weight excluding hydrogens is 288 g/mol. The largest absolute Gasteiger partial charge is 0.322 e. The van der Waals surface area contributed by atoms with Crippen molar-refractivity contribution in [3.8, 4) is 0 Å². The van der Waals surface area contributed by atoms with Crippen LogP contribution in [0.2, 0.25) is 0 Å². The molecule has 2 aromatic carbocycles. The third-order valence-corrected chi connectivity index (χ3v) is 3.78. The third-order valence-electron chi connectivity index (χ3n) is 3.78. The molecular formula is C19H18N2O2. The highest BCUT2D eigenvalue weighted by Crippen LogP contribution is 2.28. The number of para-hydroxylation sites is 1. The predicted octanol–water partition coefficient (Wildman–Crippen LogP) is 2.75. The second kappa shape index (κ2) is 6.48. The Kier molecular flexibility index (Phi) is 4.24. The van der Waals surface area contributed by atoms with Crippen LogP contribution in [-0.2, 0) is 16.0 Å². The highest BCUT2D eigenvalue weighted by atomic mass is 16.2. The molecule has 4 nitrogen and oxygen atoms in total. The Morgan fingerprint density at radius 2 is 1.74 bits per heavy atom. The van der Waals surface area contributed by atoms with Gasteiger partial charge in [0.2, 0.25) is 5.91 Å². The van der Waals surface area contributed by atoms with E-state index in [0.717, 1.165) is 23.2 Å². The third kappa shape index (κ3) is 3.31. The highest BCUT2D eigenvalue weighted by Gasteiger charge is 2.26. The van der Waals surface area contributed by atoms with Gasteiger partial charge in [-0.2, -0.15) is 0 Å². The molecule has 23 heavy (non-hydrogen) atoms. The number of anilines is 1. The first-order valence-electron chi connectivity index (χ1n) is 7.59. The summed E-state index contributed by atoms with van der Waals surface area (Å²) in [5, 5.41) is 2.67. The maximum Gasteiger partial charge on any atom is 0.274 e. The molecule has 0 aliphatic carbocycles. The van der Waals surface area contributed by atoms with E-state index in [0.29, 0.717) is 12.2 Å². The van der Waals surface area contributed by atoms with Crippen molar-refractivity contribution < 1.29 is 9.59 Å². The minimum absolute atomic E-state index is 0.186. The van der Waals surface area contributed by atoms with Crippen LogP contribution in [0, 0.1) is 0 Å². The van der Waals surface area contributed by atoms with Crippen molar-refractivity contribution in [2.24, 2.45) is 0 Å². The van der Waals surface area contributed by atoms with Gasteiger partial charge in [-0.1, -0.05) is 48.5 Å². The molecule has 0 saturated heterocycles. The van der Waals surface area contributed by atoms with Gasteiger partial charge in [0, 0.05) is 19.2 Å². The van der Waals surface area contributed by atoms with Gasteiger partial charge in [0.1, 0.15) is 5.70 Å². The molecule has 2 amide bonds. The maximum absolute atomic E-state index is 12.9. The summed E-state index contributed by atoms with van der Waals surface area (Å²) in [7, 11) is 0. The van der Waals surface area contributed by atoms with Gasteiger partial charge >= 0.3 is 0 Å². The van der Waals surface area contributed by atoms with E-state index in [1.54, 1.807) is 11.0 Å². The molecule has 1 N–H and O–H groups in total. The Balaban J connectivity index is 1.93. The second-order valence-electron chi connectivity index (χ2n) is 5.49. The number of benzene rings is 2. The summed E-state index contributed by atoms with van der Waals surface area (Å²) < 4.78 is 0. The van der Waals surface area contributed by atoms with Gasteiger partial charge in [0.25, 0.3) is 5.91 Å². The van der Waals surface area contributed by atoms with E-state index in [1.165, 1.54) is 6.92 Å². The average Bonchev–Trinajstić information content (AvgIpc) is 2.98. The molecule has 3 rings (SSSR count). The normalized spacial score (nSPS) is 13.6. The first kappa shape index (κ1) is 15.0. The van der Waals surface area contributed by atoms with Crippen LogP contribution < -0.4 is 10.2 Å².